The largest absolute Gasteiger partial charge is 0.359 e. The van der Waals surface area contributed by atoms with Gasteiger partial charge in [-0.3, -0.25) is 4.79 Å². The van der Waals surface area contributed by atoms with E-state index in [1.807, 2.05) is 12.1 Å². The molecule has 0 amide bonds. The monoisotopic (exact) mass is 164 g/mol. The number of carbonyl (C=O) groups is 1. The van der Waals surface area contributed by atoms with Gasteiger partial charge in [-0.2, -0.15) is 0 Å². The van der Waals surface area contributed by atoms with Crippen molar-refractivity contribution in [3.63, 3.8) is 0 Å². The molecule has 1 aromatic heterocycles. The molecule has 0 radical (unpaired) electrons. The molecule has 3 nitrogen and oxygen atoms in total. The van der Waals surface area contributed by atoms with Crippen LogP contribution < -0.4 is 5.32 Å². The second-order valence-corrected chi connectivity index (χ2v) is 3.24. The van der Waals surface area contributed by atoms with Gasteiger partial charge in [0.05, 0.1) is 5.69 Å². The molecule has 0 unspecified atom stereocenters. The van der Waals surface area contributed by atoms with Gasteiger partial charge in [0.1, 0.15) is 0 Å². The van der Waals surface area contributed by atoms with Gasteiger partial charge in [-0.1, -0.05) is 0 Å². The van der Waals surface area contributed by atoms with Crippen LogP contribution >= 0.6 is 0 Å². The Labute approximate surface area is 71.2 Å². The van der Waals surface area contributed by atoms with E-state index in [9.17, 15) is 4.79 Å². The summed E-state index contributed by atoms with van der Waals surface area (Å²) in [7, 11) is 0. The van der Waals surface area contributed by atoms with E-state index in [1.54, 1.807) is 6.20 Å². The highest BCUT2D eigenvalue weighted by atomic mass is 16.1. The van der Waals surface area contributed by atoms with Crippen LogP contribution in [0.5, 0.6) is 0 Å². The van der Waals surface area contributed by atoms with Crippen molar-refractivity contribution in [2.45, 2.75) is 6.42 Å². The number of carbonyl (C=O) groups excluding carboxylic acids is 1. The van der Waals surface area contributed by atoms with Gasteiger partial charge >= 0.3 is 0 Å². The summed E-state index contributed by atoms with van der Waals surface area (Å²) in [5.41, 5.74) is 0.738. The zero-order chi connectivity index (χ0) is 8.39. The van der Waals surface area contributed by atoms with Crippen LogP contribution in [0.2, 0.25) is 0 Å². The quantitative estimate of drug-likeness (QED) is 0.649. The van der Waals surface area contributed by atoms with E-state index in [0.29, 0.717) is 12.3 Å². The van der Waals surface area contributed by atoms with Crippen molar-refractivity contribution >= 4 is 5.78 Å². The molecular weight excluding hydrogens is 152 g/mol. The second kappa shape index (κ2) is 3.11. The zero-order valence-electron chi connectivity index (χ0n) is 6.84. The Hall–Kier alpha value is -1.09. The lowest BCUT2D eigenvalue weighted by Gasteiger charge is -2.25. The summed E-state index contributed by atoms with van der Waals surface area (Å²) in [6.07, 6.45) is 2.46. The van der Waals surface area contributed by atoms with Crippen molar-refractivity contribution in [2.75, 3.05) is 13.1 Å². The maximum atomic E-state index is 11.4. The van der Waals surface area contributed by atoms with Gasteiger partial charge in [-0.05, 0) is 31.1 Å². The summed E-state index contributed by atoms with van der Waals surface area (Å²) < 4.78 is 0. The molecule has 64 valence electrons. The minimum absolute atomic E-state index is 0.228. The zero-order valence-corrected chi connectivity index (χ0v) is 6.84. The van der Waals surface area contributed by atoms with Crippen LogP contribution in [0.15, 0.2) is 18.3 Å². The van der Waals surface area contributed by atoms with Gasteiger partial charge in [0.25, 0.3) is 0 Å². The molecule has 0 atom stereocenters. The van der Waals surface area contributed by atoms with Gasteiger partial charge < -0.3 is 10.3 Å². The molecule has 1 aliphatic rings. The predicted octanol–water partition coefficient (Wildman–Crippen LogP) is 0.807. The number of aromatic amines is 1. The number of ketones is 1. The summed E-state index contributed by atoms with van der Waals surface area (Å²) >= 11 is 0. The van der Waals surface area contributed by atoms with E-state index in [4.69, 9.17) is 0 Å². The average molecular weight is 164 g/mol. The number of hydrogen-bond donors (Lipinski definition) is 2. The van der Waals surface area contributed by atoms with Crippen LogP contribution in [0.4, 0.5) is 0 Å². The van der Waals surface area contributed by atoms with E-state index in [0.717, 1.165) is 18.8 Å². The summed E-state index contributed by atoms with van der Waals surface area (Å²) in [6.45, 7) is 1.99. The third kappa shape index (κ3) is 1.41. The highest BCUT2D eigenvalue weighted by Crippen LogP contribution is 2.11. The molecule has 0 aliphatic carbocycles. The van der Waals surface area contributed by atoms with Crippen LogP contribution in [0.25, 0.3) is 0 Å². The first-order valence-corrected chi connectivity index (χ1v) is 4.23. The Bertz CT molecular complexity index is 262. The molecular formula is C9H12N2O. The van der Waals surface area contributed by atoms with Crippen LogP contribution in [-0.4, -0.2) is 23.9 Å². The lowest BCUT2D eigenvalue weighted by molar-refractivity contribution is 0.0941. The number of H-pyrrole nitrogens is 1. The molecule has 0 spiro atoms. The van der Waals surface area contributed by atoms with Crippen molar-refractivity contribution in [1.29, 1.82) is 0 Å². The lowest BCUT2D eigenvalue weighted by Crippen LogP contribution is -2.42. The first-order chi connectivity index (χ1) is 5.86. The van der Waals surface area contributed by atoms with E-state index in [2.05, 4.69) is 10.3 Å². The molecule has 0 aromatic carbocycles. The number of rotatable bonds is 3. The smallest absolute Gasteiger partial charge is 0.179 e. The van der Waals surface area contributed by atoms with E-state index in [1.165, 1.54) is 0 Å². The van der Waals surface area contributed by atoms with Gasteiger partial charge in [-0.25, -0.2) is 0 Å². The van der Waals surface area contributed by atoms with Crippen molar-refractivity contribution in [1.82, 2.24) is 10.3 Å². The van der Waals surface area contributed by atoms with Gasteiger partial charge in [0.15, 0.2) is 5.78 Å². The van der Waals surface area contributed by atoms with E-state index >= 15 is 0 Å². The Morgan fingerprint density at radius 2 is 2.42 bits per heavy atom. The Kier molecular flexibility index (Phi) is 1.96. The molecule has 12 heavy (non-hydrogen) atoms. The lowest BCUT2D eigenvalue weighted by atomic mass is 9.96. The van der Waals surface area contributed by atoms with Crippen LogP contribution in [-0.2, 0) is 0 Å². The Morgan fingerprint density at radius 3 is 2.92 bits per heavy atom. The van der Waals surface area contributed by atoms with Gasteiger partial charge in [-0.15, -0.1) is 0 Å². The molecule has 3 heteroatoms. The van der Waals surface area contributed by atoms with Crippen molar-refractivity contribution in [2.24, 2.45) is 5.92 Å². The fourth-order valence-electron chi connectivity index (χ4n) is 1.37. The molecule has 2 rings (SSSR count). The first-order valence-electron chi connectivity index (χ1n) is 4.23. The standard InChI is InChI=1S/C9H12N2O/c12-9(4-7-5-10-6-7)8-2-1-3-11-8/h1-3,7,10-11H,4-6H2. The molecule has 2 heterocycles. The van der Waals surface area contributed by atoms with Gasteiger partial charge in [0, 0.05) is 12.6 Å². The van der Waals surface area contributed by atoms with Crippen molar-refractivity contribution < 1.29 is 4.79 Å². The van der Waals surface area contributed by atoms with Crippen LogP contribution in [0.3, 0.4) is 0 Å². The maximum Gasteiger partial charge on any atom is 0.179 e. The van der Waals surface area contributed by atoms with E-state index in [-0.39, 0.29) is 5.78 Å². The fourth-order valence-corrected chi connectivity index (χ4v) is 1.37. The van der Waals surface area contributed by atoms with Crippen molar-refractivity contribution in [3.8, 4) is 0 Å². The molecule has 1 aliphatic heterocycles. The molecule has 1 aromatic rings. The van der Waals surface area contributed by atoms with E-state index < -0.39 is 0 Å². The summed E-state index contributed by atoms with van der Waals surface area (Å²) in [4.78, 5) is 14.4. The minimum atomic E-state index is 0.228. The topological polar surface area (TPSA) is 44.9 Å². The molecule has 2 N–H and O–H groups in total. The normalized spacial score (nSPS) is 17.3. The summed E-state index contributed by atoms with van der Waals surface area (Å²) in [6, 6.07) is 3.68. The average Bonchev–Trinajstić information content (AvgIpc) is 2.47. The molecule has 0 bridgehead atoms. The van der Waals surface area contributed by atoms with Crippen molar-refractivity contribution in [3.05, 3.63) is 24.0 Å². The first kappa shape index (κ1) is 7.55. The number of hydrogen-bond acceptors (Lipinski definition) is 2. The highest BCUT2D eigenvalue weighted by Gasteiger charge is 2.20. The number of nitrogens with one attached hydrogen (secondary N) is 2. The maximum absolute atomic E-state index is 11.4. The third-order valence-electron chi connectivity index (χ3n) is 2.24. The SMILES string of the molecule is O=C(CC1CNC1)c1ccc[nH]1. The van der Waals surface area contributed by atoms with Gasteiger partial charge in [0.2, 0.25) is 0 Å². The Balaban J connectivity index is 1.92. The number of aromatic nitrogens is 1. The number of Topliss-reactive ketones (excluding diaryl/α,β-unsaturated/α-hetero) is 1. The Morgan fingerprint density at radius 1 is 1.58 bits per heavy atom. The van der Waals surface area contributed by atoms with Crippen LogP contribution in [0, 0.1) is 5.92 Å². The fraction of sp³-hybridized carbons (Fsp3) is 0.444. The second-order valence-electron chi connectivity index (χ2n) is 3.24. The molecule has 1 saturated heterocycles. The molecule has 1 fully saturated rings. The summed E-state index contributed by atoms with van der Waals surface area (Å²) in [5.74, 6) is 0.785. The third-order valence-corrected chi connectivity index (χ3v) is 2.24. The van der Waals surface area contributed by atoms with Crippen LogP contribution in [0.1, 0.15) is 16.9 Å². The predicted molar refractivity (Wildman–Crippen MR) is 46.1 cm³/mol. The molecule has 0 saturated carbocycles. The minimum Gasteiger partial charge on any atom is -0.359 e. The summed E-state index contributed by atoms with van der Waals surface area (Å²) in [5, 5.41) is 3.15. The highest BCUT2D eigenvalue weighted by molar-refractivity contribution is 5.94.